The van der Waals surface area contributed by atoms with Crippen LogP contribution in [-0.4, -0.2) is 54.4 Å². The number of nitrogens with zero attached hydrogens (tertiary/aromatic N) is 2. The number of hydrogen-bond donors (Lipinski definition) is 2. The van der Waals surface area contributed by atoms with Crippen molar-refractivity contribution in [3.05, 3.63) is 34.4 Å². The van der Waals surface area contributed by atoms with Crippen LogP contribution in [0.5, 0.6) is 0 Å². The first-order chi connectivity index (χ1) is 9.43. The summed E-state index contributed by atoms with van der Waals surface area (Å²) in [4.78, 5) is 23.2. The minimum atomic E-state index is -0.791. The number of hydrogen-bond acceptors (Lipinski definition) is 5. The second-order valence-electron chi connectivity index (χ2n) is 4.23. The van der Waals surface area contributed by atoms with Crippen molar-refractivity contribution in [2.24, 2.45) is 0 Å². The average molecular weight is 283 g/mol. The van der Waals surface area contributed by atoms with Crippen LogP contribution in [-0.2, 0) is 4.74 Å². The minimum Gasteiger partial charge on any atom is -0.389 e. The fraction of sp³-hybridized carbons (Fsp3) is 0.417. The number of benzene rings is 1. The van der Waals surface area contributed by atoms with E-state index in [0.29, 0.717) is 5.69 Å². The molecule has 0 radical (unpaired) electrons. The van der Waals surface area contributed by atoms with Gasteiger partial charge in [0, 0.05) is 32.0 Å². The summed E-state index contributed by atoms with van der Waals surface area (Å²) < 4.78 is 4.76. The van der Waals surface area contributed by atoms with Crippen molar-refractivity contribution in [1.29, 1.82) is 0 Å². The Kier molecular flexibility index (Phi) is 5.88. The maximum atomic E-state index is 11.8. The smallest absolute Gasteiger partial charge is 0.321 e. The SMILES string of the molecule is COCC(O)CN(C)C(=O)Nc1cccc([N+](=O)[O-])c1. The van der Waals surface area contributed by atoms with Crippen molar-refractivity contribution in [3.8, 4) is 0 Å². The van der Waals surface area contributed by atoms with E-state index >= 15 is 0 Å². The summed E-state index contributed by atoms with van der Waals surface area (Å²) in [5, 5.41) is 22.7. The Labute approximate surface area is 116 Å². The molecular weight excluding hydrogens is 266 g/mol. The third kappa shape index (κ3) is 4.82. The van der Waals surface area contributed by atoms with Gasteiger partial charge in [0.2, 0.25) is 0 Å². The van der Waals surface area contributed by atoms with Crippen molar-refractivity contribution in [2.75, 3.05) is 32.6 Å². The number of non-ortho nitro benzene ring substituents is 1. The largest absolute Gasteiger partial charge is 0.389 e. The number of amides is 2. The van der Waals surface area contributed by atoms with E-state index in [2.05, 4.69) is 5.32 Å². The van der Waals surface area contributed by atoms with Crippen molar-refractivity contribution >= 4 is 17.4 Å². The van der Waals surface area contributed by atoms with Gasteiger partial charge < -0.3 is 20.1 Å². The third-order valence-electron chi connectivity index (χ3n) is 2.50. The van der Waals surface area contributed by atoms with Crippen LogP contribution in [0.3, 0.4) is 0 Å². The molecule has 20 heavy (non-hydrogen) atoms. The second kappa shape index (κ2) is 7.41. The molecule has 0 aliphatic carbocycles. The minimum absolute atomic E-state index is 0.0919. The van der Waals surface area contributed by atoms with Gasteiger partial charge in [-0.05, 0) is 6.07 Å². The molecule has 1 aromatic rings. The summed E-state index contributed by atoms with van der Waals surface area (Å²) in [6, 6.07) is 5.15. The Balaban J connectivity index is 2.61. The fourth-order valence-corrected chi connectivity index (χ4v) is 1.56. The molecule has 0 bridgehead atoms. The van der Waals surface area contributed by atoms with Gasteiger partial charge in [-0.25, -0.2) is 4.79 Å². The Morgan fingerprint density at radius 2 is 2.30 bits per heavy atom. The van der Waals surface area contributed by atoms with Gasteiger partial charge in [0.05, 0.1) is 24.2 Å². The van der Waals surface area contributed by atoms with Crippen molar-refractivity contribution in [2.45, 2.75) is 6.10 Å². The molecule has 0 aliphatic heterocycles. The molecule has 2 amide bonds. The predicted molar refractivity (Wildman–Crippen MR) is 72.6 cm³/mol. The molecule has 2 N–H and O–H groups in total. The molecule has 110 valence electrons. The Morgan fingerprint density at radius 1 is 1.60 bits per heavy atom. The zero-order chi connectivity index (χ0) is 15.1. The monoisotopic (exact) mass is 283 g/mol. The van der Waals surface area contributed by atoms with Gasteiger partial charge in [-0.15, -0.1) is 0 Å². The highest BCUT2D eigenvalue weighted by Gasteiger charge is 2.14. The molecule has 1 unspecified atom stereocenters. The van der Waals surface area contributed by atoms with Crippen LogP contribution < -0.4 is 5.32 Å². The Morgan fingerprint density at radius 3 is 2.90 bits per heavy atom. The molecule has 1 aromatic carbocycles. The number of rotatable bonds is 6. The van der Waals surface area contributed by atoms with E-state index in [1.54, 1.807) is 6.07 Å². The van der Waals surface area contributed by atoms with Gasteiger partial charge in [-0.1, -0.05) is 6.07 Å². The lowest BCUT2D eigenvalue weighted by atomic mass is 10.3. The highest BCUT2D eigenvalue weighted by molar-refractivity contribution is 5.89. The van der Waals surface area contributed by atoms with Crippen molar-refractivity contribution < 1.29 is 19.6 Å². The normalized spacial score (nSPS) is 11.8. The number of aliphatic hydroxyl groups excluding tert-OH is 1. The first-order valence-electron chi connectivity index (χ1n) is 5.87. The first kappa shape index (κ1) is 15.9. The van der Waals surface area contributed by atoms with Gasteiger partial charge in [0.25, 0.3) is 5.69 Å². The number of aliphatic hydroxyl groups is 1. The van der Waals surface area contributed by atoms with Crippen LogP contribution in [0, 0.1) is 10.1 Å². The molecule has 8 heteroatoms. The molecule has 1 rings (SSSR count). The number of urea groups is 1. The van der Waals surface area contributed by atoms with E-state index < -0.39 is 17.1 Å². The van der Waals surface area contributed by atoms with Gasteiger partial charge in [-0.2, -0.15) is 0 Å². The van der Waals surface area contributed by atoms with E-state index in [1.807, 2.05) is 0 Å². The predicted octanol–water partition coefficient (Wildman–Crippen LogP) is 1.07. The molecule has 8 nitrogen and oxygen atoms in total. The van der Waals surface area contributed by atoms with Crippen LogP contribution >= 0.6 is 0 Å². The molecule has 0 fully saturated rings. The average Bonchev–Trinajstić information content (AvgIpc) is 2.39. The highest BCUT2D eigenvalue weighted by Crippen LogP contribution is 2.17. The molecule has 0 saturated heterocycles. The molecule has 0 saturated carbocycles. The molecule has 0 heterocycles. The number of anilines is 1. The van der Waals surface area contributed by atoms with Crippen molar-refractivity contribution in [1.82, 2.24) is 4.90 Å². The molecular formula is C12H17N3O5. The number of ether oxygens (including phenoxy) is 1. The summed E-state index contributed by atoms with van der Waals surface area (Å²) in [5.74, 6) is 0. The zero-order valence-electron chi connectivity index (χ0n) is 11.3. The maximum absolute atomic E-state index is 11.8. The second-order valence-corrected chi connectivity index (χ2v) is 4.23. The van der Waals surface area contributed by atoms with Gasteiger partial charge >= 0.3 is 6.03 Å². The van der Waals surface area contributed by atoms with E-state index in [9.17, 15) is 20.0 Å². The molecule has 1 atom stereocenters. The Hall–Kier alpha value is -2.19. The zero-order valence-corrected chi connectivity index (χ0v) is 11.3. The topological polar surface area (TPSA) is 105 Å². The number of nitrogens with one attached hydrogen (secondary N) is 1. The standard InChI is InChI=1S/C12H17N3O5/c1-14(7-11(16)8-20-2)12(17)13-9-4-3-5-10(6-9)15(18)19/h3-6,11,16H,7-8H2,1-2H3,(H,13,17). The van der Waals surface area contributed by atoms with Crippen LogP contribution in [0.2, 0.25) is 0 Å². The number of likely N-dealkylation sites (N-methyl/N-ethyl adjacent to an activating group) is 1. The van der Waals surface area contributed by atoms with Crippen LogP contribution in [0.4, 0.5) is 16.2 Å². The lowest BCUT2D eigenvalue weighted by Gasteiger charge is -2.20. The highest BCUT2D eigenvalue weighted by atomic mass is 16.6. The Bertz CT molecular complexity index is 480. The number of carbonyl (C=O) groups is 1. The van der Waals surface area contributed by atoms with Crippen LogP contribution in [0.1, 0.15) is 0 Å². The van der Waals surface area contributed by atoms with Crippen molar-refractivity contribution in [3.63, 3.8) is 0 Å². The van der Waals surface area contributed by atoms with Gasteiger partial charge in [0.1, 0.15) is 0 Å². The number of nitro groups is 1. The number of carbonyl (C=O) groups excluding carboxylic acids is 1. The first-order valence-corrected chi connectivity index (χ1v) is 5.87. The molecule has 0 aromatic heterocycles. The molecule has 0 aliphatic rings. The lowest BCUT2D eigenvalue weighted by molar-refractivity contribution is -0.384. The fourth-order valence-electron chi connectivity index (χ4n) is 1.56. The quantitative estimate of drug-likeness (QED) is 0.600. The van der Waals surface area contributed by atoms with Gasteiger partial charge in [-0.3, -0.25) is 10.1 Å². The summed E-state index contributed by atoms with van der Waals surface area (Å²) in [6.07, 6.45) is -0.791. The van der Waals surface area contributed by atoms with Gasteiger partial charge in [0.15, 0.2) is 0 Å². The number of nitro benzene ring substituents is 1. The summed E-state index contributed by atoms with van der Waals surface area (Å²) >= 11 is 0. The van der Waals surface area contributed by atoms with E-state index in [-0.39, 0.29) is 18.8 Å². The molecule has 0 spiro atoms. The van der Waals surface area contributed by atoms with E-state index in [0.717, 1.165) is 0 Å². The van der Waals surface area contributed by atoms with Crippen LogP contribution in [0.15, 0.2) is 24.3 Å². The van der Waals surface area contributed by atoms with E-state index in [1.165, 1.54) is 37.3 Å². The summed E-state index contributed by atoms with van der Waals surface area (Å²) in [6.45, 7) is 0.211. The maximum Gasteiger partial charge on any atom is 0.321 e. The number of methoxy groups -OCH3 is 1. The lowest BCUT2D eigenvalue weighted by Crippen LogP contribution is -2.38. The third-order valence-corrected chi connectivity index (χ3v) is 2.50. The summed E-state index contributed by atoms with van der Waals surface area (Å²) in [7, 11) is 2.96. The van der Waals surface area contributed by atoms with Crippen LogP contribution in [0.25, 0.3) is 0 Å². The van der Waals surface area contributed by atoms with E-state index in [4.69, 9.17) is 4.74 Å². The summed E-state index contributed by atoms with van der Waals surface area (Å²) in [5.41, 5.74) is 0.210.